The molecule has 2 aromatic carbocycles. The van der Waals surface area contributed by atoms with Crippen LogP contribution in [0.2, 0.25) is 0 Å². The lowest BCUT2D eigenvalue weighted by atomic mass is 9.72. The number of nitrogens with zero attached hydrogens (tertiary/aromatic N) is 1. The predicted octanol–water partition coefficient (Wildman–Crippen LogP) is 6.29. The quantitative estimate of drug-likeness (QED) is 0.568. The Hall–Kier alpha value is -1.86. The van der Waals surface area contributed by atoms with Crippen LogP contribution in [0.25, 0.3) is 5.57 Å². The summed E-state index contributed by atoms with van der Waals surface area (Å²) in [6.45, 7) is 14.0. The molecule has 1 atom stereocenters. The molecule has 0 radical (unpaired) electrons. The van der Waals surface area contributed by atoms with Crippen LogP contribution in [0.3, 0.4) is 0 Å². The molecule has 0 saturated carbocycles. The van der Waals surface area contributed by atoms with Gasteiger partial charge in [-0.05, 0) is 66.5 Å². The molecule has 1 nitrogen and oxygen atoms in total. The van der Waals surface area contributed by atoms with Gasteiger partial charge >= 0.3 is 0 Å². The summed E-state index contributed by atoms with van der Waals surface area (Å²) in [5.74, 6) is 0. The van der Waals surface area contributed by atoms with Crippen molar-refractivity contribution in [3.63, 3.8) is 0 Å². The zero-order valence-electron chi connectivity index (χ0n) is 18.5. The van der Waals surface area contributed by atoms with Crippen molar-refractivity contribution in [1.29, 1.82) is 0 Å². The van der Waals surface area contributed by atoms with Gasteiger partial charge < -0.3 is 4.90 Å². The average molecular weight is 374 g/mol. The molecule has 0 aromatic heterocycles. The third-order valence-corrected chi connectivity index (χ3v) is 6.96. The van der Waals surface area contributed by atoms with Gasteiger partial charge in [0.15, 0.2) is 0 Å². The van der Waals surface area contributed by atoms with Crippen LogP contribution in [-0.4, -0.2) is 25.0 Å². The van der Waals surface area contributed by atoms with E-state index in [4.69, 9.17) is 0 Å². The molecule has 1 aliphatic heterocycles. The molecule has 0 amide bonds. The van der Waals surface area contributed by atoms with E-state index in [1.807, 2.05) is 0 Å². The third-order valence-electron chi connectivity index (χ3n) is 6.96. The Morgan fingerprint density at radius 2 is 1.57 bits per heavy atom. The number of piperidine rings is 1. The first kappa shape index (κ1) is 19.5. The lowest BCUT2D eigenvalue weighted by molar-refractivity contribution is 0.312. The van der Waals surface area contributed by atoms with E-state index in [0.717, 1.165) is 6.42 Å². The predicted molar refractivity (Wildman–Crippen MR) is 121 cm³/mol. The zero-order chi connectivity index (χ0) is 20.1. The Bertz CT molecular complexity index is 900. The molecule has 4 rings (SSSR count). The minimum absolute atomic E-state index is 0.0811. The van der Waals surface area contributed by atoms with Crippen LogP contribution in [0.15, 0.2) is 48.0 Å². The van der Waals surface area contributed by atoms with Crippen molar-refractivity contribution in [2.45, 2.75) is 64.7 Å². The number of likely N-dealkylation sites (tertiary alicyclic amines) is 1. The van der Waals surface area contributed by atoms with Crippen molar-refractivity contribution >= 4 is 5.57 Å². The third kappa shape index (κ3) is 3.35. The summed E-state index contributed by atoms with van der Waals surface area (Å²) in [6, 6.07) is 16.6. The summed E-state index contributed by atoms with van der Waals surface area (Å²) in [7, 11) is 2.25. The molecule has 1 heterocycles. The molecule has 1 aliphatic carbocycles. The average Bonchev–Trinajstić information content (AvgIpc) is 2.94. The first-order chi connectivity index (χ1) is 13.2. The second kappa shape index (κ2) is 6.88. The molecule has 28 heavy (non-hydrogen) atoms. The van der Waals surface area contributed by atoms with Crippen LogP contribution in [-0.2, 0) is 17.3 Å². The van der Waals surface area contributed by atoms with E-state index in [1.165, 1.54) is 53.7 Å². The van der Waals surface area contributed by atoms with Gasteiger partial charge in [-0.2, -0.15) is 0 Å². The van der Waals surface area contributed by atoms with Crippen molar-refractivity contribution in [1.82, 2.24) is 4.90 Å². The van der Waals surface area contributed by atoms with Crippen molar-refractivity contribution in [2.75, 3.05) is 20.1 Å². The zero-order valence-corrected chi connectivity index (χ0v) is 18.5. The van der Waals surface area contributed by atoms with E-state index in [-0.39, 0.29) is 10.8 Å². The van der Waals surface area contributed by atoms with Crippen LogP contribution in [0.4, 0.5) is 0 Å². The Labute approximate surface area is 171 Å². The van der Waals surface area contributed by atoms with E-state index in [1.54, 1.807) is 11.1 Å². The summed E-state index contributed by atoms with van der Waals surface area (Å²) in [4.78, 5) is 2.46. The number of rotatable bonds is 1. The Balaban J connectivity index is 1.84. The highest BCUT2D eigenvalue weighted by atomic mass is 15.1. The molecule has 1 heteroatoms. The maximum atomic E-state index is 2.48. The highest BCUT2D eigenvalue weighted by molar-refractivity contribution is 5.84. The van der Waals surface area contributed by atoms with E-state index in [2.05, 4.69) is 89.0 Å². The van der Waals surface area contributed by atoms with Gasteiger partial charge in [-0.1, -0.05) is 81.3 Å². The molecule has 1 unspecified atom stereocenters. The molecule has 1 fully saturated rings. The first-order valence-electron chi connectivity index (χ1n) is 10.8. The lowest BCUT2D eigenvalue weighted by Gasteiger charge is -2.33. The summed E-state index contributed by atoms with van der Waals surface area (Å²) in [5, 5.41) is 0. The number of aryl methyl sites for hydroxylation is 1. The highest BCUT2D eigenvalue weighted by Gasteiger charge is 2.41. The topological polar surface area (TPSA) is 3.24 Å². The SMILES string of the molecule is Cc1ccc2c(c1)C(=C1CCN(C)CC1)C(C)(c1ccc(C(C)(C)C)cc1)C2. The molecule has 1 saturated heterocycles. The van der Waals surface area contributed by atoms with Gasteiger partial charge in [0.1, 0.15) is 0 Å². The van der Waals surface area contributed by atoms with Gasteiger partial charge in [-0.3, -0.25) is 0 Å². The first-order valence-corrected chi connectivity index (χ1v) is 10.8. The van der Waals surface area contributed by atoms with E-state index < -0.39 is 0 Å². The van der Waals surface area contributed by atoms with Gasteiger partial charge in [0, 0.05) is 18.5 Å². The van der Waals surface area contributed by atoms with Crippen molar-refractivity contribution in [3.8, 4) is 0 Å². The normalized spacial score (nSPS) is 23.2. The minimum Gasteiger partial charge on any atom is -0.306 e. The smallest absolute Gasteiger partial charge is 0.0220 e. The minimum atomic E-state index is 0.0811. The van der Waals surface area contributed by atoms with E-state index in [0.29, 0.717) is 0 Å². The van der Waals surface area contributed by atoms with Crippen LogP contribution in [0.5, 0.6) is 0 Å². The van der Waals surface area contributed by atoms with Gasteiger partial charge in [0.05, 0.1) is 0 Å². The summed E-state index contributed by atoms with van der Waals surface area (Å²) in [6.07, 6.45) is 3.52. The van der Waals surface area contributed by atoms with E-state index in [9.17, 15) is 0 Å². The molecule has 2 aliphatic rings. The summed E-state index contributed by atoms with van der Waals surface area (Å²) < 4.78 is 0. The van der Waals surface area contributed by atoms with Crippen LogP contribution in [0, 0.1) is 6.92 Å². The molecule has 0 N–H and O–H groups in total. The fourth-order valence-corrected chi connectivity index (χ4v) is 5.15. The van der Waals surface area contributed by atoms with Gasteiger partial charge in [-0.25, -0.2) is 0 Å². The fraction of sp³-hybridized carbons (Fsp3) is 0.481. The number of allylic oxidation sites excluding steroid dienone is 1. The van der Waals surface area contributed by atoms with E-state index >= 15 is 0 Å². The monoisotopic (exact) mass is 373 g/mol. The molecular formula is C27H35N. The lowest BCUT2D eigenvalue weighted by Crippen LogP contribution is -2.29. The van der Waals surface area contributed by atoms with Crippen molar-refractivity contribution in [3.05, 3.63) is 75.9 Å². The van der Waals surface area contributed by atoms with Crippen LogP contribution >= 0.6 is 0 Å². The standard InChI is InChI=1S/C27H35N/c1-19-7-8-21-18-27(5,23-11-9-22(10-12-23)26(2,3)4)25(24(21)17-19)20-13-15-28(6)16-14-20/h7-12,17H,13-16,18H2,1-6H3. The fourth-order valence-electron chi connectivity index (χ4n) is 5.15. The number of hydrogen-bond acceptors (Lipinski definition) is 1. The highest BCUT2D eigenvalue weighted by Crippen LogP contribution is 2.51. The molecule has 0 bridgehead atoms. The number of benzene rings is 2. The molecular weight excluding hydrogens is 338 g/mol. The van der Waals surface area contributed by atoms with Crippen molar-refractivity contribution in [2.24, 2.45) is 0 Å². The molecule has 0 spiro atoms. The Kier molecular flexibility index (Phi) is 4.78. The second-order valence-electron chi connectivity index (χ2n) is 10.3. The van der Waals surface area contributed by atoms with Crippen LogP contribution in [0.1, 0.15) is 68.4 Å². The largest absolute Gasteiger partial charge is 0.306 e. The Morgan fingerprint density at radius 1 is 0.929 bits per heavy atom. The molecule has 148 valence electrons. The van der Waals surface area contributed by atoms with Gasteiger partial charge in [0.2, 0.25) is 0 Å². The van der Waals surface area contributed by atoms with Crippen LogP contribution < -0.4 is 0 Å². The maximum absolute atomic E-state index is 2.48. The maximum Gasteiger partial charge on any atom is 0.0220 e. The molecule has 2 aromatic rings. The van der Waals surface area contributed by atoms with Gasteiger partial charge in [-0.15, -0.1) is 0 Å². The summed E-state index contributed by atoms with van der Waals surface area (Å²) in [5.41, 5.74) is 10.9. The second-order valence-corrected chi connectivity index (χ2v) is 10.3. The number of hydrogen-bond donors (Lipinski definition) is 0. The number of fused-ring (bicyclic) bond motifs is 1. The van der Waals surface area contributed by atoms with Gasteiger partial charge in [0.25, 0.3) is 0 Å². The Morgan fingerprint density at radius 3 is 2.18 bits per heavy atom. The summed E-state index contributed by atoms with van der Waals surface area (Å²) >= 11 is 0. The van der Waals surface area contributed by atoms with Crippen molar-refractivity contribution < 1.29 is 0 Å².